The maximum absolute atomic E-state index is 13.0. The fourth-order valence-electron chi connectivity index (χ4n) is 2.36. The lowest BCUT2D eigenvalue weighted by Crippen LogP contribution is -2.27. The number of hydrogen-bond donors (Lipinski definition) is 1. The fraction of sp³-hybridized carbons (Fsp3) is 0.286. The van der Waals surface area contributed by atoms with Crippen LogP contribution in [0.3, 0.4) is 0 Å². The van der Waals surface area contributed by atoms with E-state index in [2.05, 4.69) is 17.7 Å². The van der Waals surface area contributed by atoms with Gasteiger partial charge in [-0.1, -0.05) is 0 Å². The molecule has 1 aromatic heterocycles. The highest BCUT2D eigenvalue weighted by atomic mass is 32.1. The van der Waals surface area contributed by atoms with Gasteiger partial charge in [-0.05, 0) is 31.2 Å². The smallest absolute Gasteiger partial charge is 0.229 e. The Morgan fingerprint density at radius 2 is 2.05 bits per heavy atom. The standard InChI is InChI=1S/C14H14FN3OS/c1-9-6-13(17-8-12(20)7-14(17)19)18(16-9)11-4-2-10(15)3-5-11/h2-6,12,20H,7-8H2,1H3. The number of anilines is 1. The summed E-state index contributed by atoms with van der Waals surface area (Å²) in [4.78, 5) is 13.7. The van der Waals surface area contributed by atoms with Crippen LogP contribution in [0, 0.1) is 12.7 Å². The molecule has 3 rings (SSSR count). The first kappa shape index (κ1) is 13.2. The number of nitrogens with zero attached hydrogens (tertiary/aromatic N) is 3. The van der Waals surface area contributed by atoms with Crippen LogP contribution >= 0.6 is 12.6 Å². The quantitative estimate of drug-likeness (QED) is 0.863. The van der Waals surface area contributed by atoms with E-state index in [1.54, 1.807) is 21.7 Å². The predicted octanol–water partition coefficient (Wildman–Crippen LogP) is 2.35. The van der Waals surface area contributed by atoms with Crippen LogP contribution in [-0.4, -0.2) is 27.5 Å². The Morgan fingerprint density at radius 1 is 1.35 bits per heavy atom. The van der Waals surface area contributed by atoms with Gasteiger partial charge in [0.05, 0.1) is 11.4 Å². The van der Waals surface area contributed by atoms with Crippen molar-refractivity contribution in [2.75, 3.05) is 11.4 Å². The van der Waals surface area contributed by atoms with Crippen molar-refractivity contribution in [1.82, 2.24) is 9.78 Å². The van der Waals surface area contributed by atoms with Crippen LogP contribution in [0.5, 0.6) is 0 Å². The van der Waals surface area contributed by atoms with Crippen molar-refractivity contribution in [2.24, 2.45) is 0 Å². The number of carbonyl (C=O) groups excluding carboxylic acids is 1. The molecule has 0 N–H and O–H groups in total. The first-order valence-corrected chi connectivity index (χ1v) is 6.87. The number of hydrogen-bond acceptors (Lipinski definition) is 3. The van der Waals surface area contributed by atoms with E-state index in [1.165, 1.54) is 12.1 Å². The Morgan fingerprint density at radius 3 is 2.65 bits per heavy atom. The maximum Gasteiger partial charge on any atom is 0.229 e. The lowest BCUT2D eigenvalue weighted by molar-refractivity contribution is -0.117. The van der Waals surface area contributed by atoms with Crippen LogP contribution in [-0.2, 0) is 4.79 Å². The normalized spacial score (nSPS) is 18.9. The molecule has 0 radical (unpaired) electrons. The number of carbonyl (C=O) groups is 1. The van der Waals surface area contributed by atoms with Gasteiger partial charge in [-0.25, -0.2) is 9.07 Å². The van der Waals surface area contributed by atoms with Gasteiger partial charge in [0.1, 0.15) is 11.6 Å². The molecule has 1 aromatic carbocycles. The van der Waals surface area contributed by atoms with Crippen molar-refractivity contribution in [3.05, 3.63) is 41.8 Å². The number of halogens is 1. The highest BCUT2D eigenvalue weighted by Gasteiger charge is 2.31. The monoisotopic (exact) mass is 291 g/mol. The Hall–Kier alpha value is -1.82. The summed E-state index contributed by atoms with van der Waals surface area (Å²) in [6.07, 6.45) is 0.427. The number of aryl methyl sites for hydroxylation is 1. The van der Waals surface area contributed by atoms with E-state index in [0.29, 0.717) is 18.8 Å². The molecule has 1 aliphatic heterocycles. The fourth-order valence-corrected chi connectivity index (χ4v) is 2.68. The van der Waals surface area contributed by atoms with Gasteiger partial charge in [0.2, 0.25) is 5.91 Å². The van der Waals surface area contributed by atoms with Gasteiger partial charge in [-0.15, -0.1) is 0 Å². The molecule has 1 atom stereocenters. The molecule has 1 fully saturated rings. The summed E-state index contributed by atoms with van der Waals surface area (Å²) in [5, 5.41) is 4.43. The molecule has 0 spiro atoms. The van der Waals surface area contributed by atoms with Gasteiger partial charge in [0, 0.05) is 24.3 Å². The largest absolute Gasteiger partial charge is 0.296 e. The zero-order valence-electron chi connectivity index (χ0n) is 11.0. The Balaban J connectivity index is 2.04. The number of thiol groups is 1. The molecule has 6 heteroatoms. The molecule has 0 aliphatic carbocycles. The lowest BCUT2D eigenvalue weighted by atomic mass is 10.3. The van der Waals surface area contributed by atoms with Gasteiger partial charge in [0.25, 0.3) is 0 Å². The Labute approximate surface area is 121 Å². The summed E-state index contributed by atoms with van der Waals surface area (Å²) < 4.78 is 14.7. The molecule has 1 saturated heterocycles. The van der Waals surface area contributed by atoms with E-state index in [4.69, 9.17) is 0 Å². The molecule has 0 saturated carbocycles. The second kappa shape index (κ2) is 4.94. The van der Waals surface area contributed by atoms with E-state index in [0.717, 1.165) is 11.4 Å². The Bertz CT molecular complexity index is 653. The zero-order valence-corrected chi connectivity index (χ0v) is 11.8. The first-order chi connectivity index (χ1) is 9.54. The van der Waals surface area contributed by atoms with E-state index in [1.807, 2.05) is 13.0 Å². The van der Waals surface area contributed by atoms with Crippen molar-refractivity contribution < 1.29 is 9.18 Å². The average Bonchev–Trinajstić information content (AvgIpc) is 2.93. The number of amides is 1. The van der Waals surface area contributed by atoms with Crippen molar-refractivity contribution >= 4 is 24.4 Å². The highest BCUT2D eigenvalue weighted by Crippen LogP contribution is 2.27. The second-order valence-corrected chi connectivity index (χ2v) is 5.62. The second-order valence-electron chi connectivity index (χ2n) is 4.89. The number of aromatic nitrogens is 2. The minimum absolute atomic E-state index is 0.0354. The third-order valence-corrected chi connectivity index (χ3v) is 3.61. The minimum Gasteiger partial charge on any atom is -0.296 e. The van der Waals surface area contributed by atoms with Gasteiger partial charge < -0.3 is 0 Å². The molecule has 20 heavy (non-hydrogen) atoms. The lowest BCUT2D eigenvalue weighted by Gasteiger charge is -2.17. The molecule has 1 unspecified atom stereocenters. The Kier molecular flexibility index (Phi) is 3.25. The van der Waals surface area contributed by atoms with E-state index in [9.17, 15) is 9.18 Å². The molecule has 4 nitrogen and oxygen atoms in total. The topological polar surface area (TPSA) is 38.1 Å². The molecule has 2 heterocycles. The summed E-state index contributed by atoms with van der Waals surface area (Å²) in [7, 11) is 0. The van der Waals surface area contributed by atoms with Crippen LogP contribution in [0.1, 0.15) is 12.1 Å². The SMILES string of the molecule is Cc1cc(N2CC(S)CC2=O)n(-c2ccc(F)cc2)n1. The molecule has 1 amide bonds. The van der Waals surface area contributed by atoms with Crippen LogP contribution in [0.2, 0.25) is 0 Å². The zero-order chi connectivity index (χ0) is 14.3. The summed E-state index contributed by atoms with van der Waals surface area (Å²) in [5.74, 6) is 0.441. The summed E-state index contributed by atoms with van der Waals surface area (Å²) >= 11 is 4.36. The summed E-state index contributed by atoms with van der Waals surface area (Å²) in [6.45, 7) is 2.43. The minimum atomic E-state index is -0.299. The first-order valence-electron chi connectivity index (χ1n) is 6.35. The molecule has 104 valence electrons. The van der Waals surface area contributed by atoms with Crippen molar-refractivity contribution in [3.63, 3.8) is 0 Å². The third-order valence-electron chi connectivity index (χ3n) is 3.27. The summed E-state index contributed by atoms with van der Waals surface area (Å²) in [6, 6.07) is 7.90. The molecular formula is C14H14FN3OS. The maximum atomic E-state index is 13.0. The average molecular weight is 291 g/mol. The van der Waals surface area contributed by atoms with Crippen LogP contribution < -0.4 is 4.90 Å². The van der Waals surface area contributed by atoms with Gasteiger partial charge >= 0.3 is 0 Å². The van der Waals surface area contributed by atoms with Crippen molar-refractivity contribution in [2.45, 2.75) is 18.6 Å². The highest BCUT2D eigenvalue weighted by molar-refractivity contribution is 7.81. The molecule has 1 aliphatic rings. The van der Waals surface area contributed by atoms with Gasteiger partial charge in [-0.2, -0.15) is 17.7 Å². The molecular weight excluding hydrogens is 277 g/mol. The molecule has 0 bridgehead atoms. The van der Waals surface area contributed by atoms with Crippen LogP contribution in [0.4, 0.5) is 10.2 Å². The van der Waals surface area contributed by atoms with Crippen molar-refractivity contribution in [1.29, 1.82) is 0 Å². The third kappa shape index (κ3) is 2.31. The van der Waals surface area contributed by atoms with Crippen LogP contribution in [0.25, 0.3) is 5.69 Å². The van der Waals surface area contributed by atoms with Crippen molar-refractivity contribution in [3.8, 4) is 5.69 Å². The predicted molar refractivity (Wildman–Crippen MR) is 78.0 cm³/mol. The van der Waals surface area contributed by atoms with E-state index >= 15 is 0 Å². The summed E-state index contributed by atoms with van der Waals surface area (Å²) in [5.41, 5.74) is 1.53. The number of benzene rings is 1. The van der Waals surface area contributed by atoms with Gasteiger partial charge in [-0.3, -0.25) is 9.69 Å². The van der Waals surface area contributed by atoms with Gasteiger partial charge in [0.15, 0.2) is 0 Å². The van der Waals surface area contributed by atoms with E-state index < -0.39 is 0 Å². The van der Waals surface area contributed by atoms with E-state index in [-0.39, 0.29) is 17.0 Å². The number of rotatable bonds is 2. The van der Waals surface area contributed by atoms with Crippen LogP contribution in [0.15, 0.2) is 30.3 Å². The molecule has 2 aromatic rings.